The number of ether oxygens (including phenoxy) is 1. The predicted molar refractivity (Wildman–Crippen MR) is 232 cm³/mol. The van der Waals surface area contributed by atoms with E-state index in [1.54, 1.807) is 0 Å². The average Bonchev–Trinajstić information content (AvgIpc) is 3.59. The van der Waals surface area contributed by atoms with Gasteiger partial charge in [-0.05, 0) is 34.2 Å². The zero-order valence-electron chi connectivity index (χ0n) is 32.9. The molecule has 0 fully saturated rings. The first-order valence-electron chi connectivity index (χ1n) is 19.0. The Hall–Kier alpha value is -4.85. The number of benzene rings is 6. The van der Waals surface area contributed by atoms with Crippen molar-refractivity contribution in [2.24, 2.45) is 0 Å². The third-order valence-electron chi connectivity index (χ3n) is 10.3. The number of anilines is 7. The van der Waals surface area contributed by atoms with Crippen molar-refractivity contribution in [2.75, 3.05) is 14.7 Å². The number of fused-ring (bicyclic) bond motifs is 3. The van der Waals surface area contributed by atoms with Crippen LogP contribution in [0.15, 0.2) is 146 Å². The molecular weight excluding hydrogens is 995 g/mol. The summed E-state index contributed by atoms with van der Waals surface area (Å²) in [6, 6.07) is 56.7. The predicted octanol–water partition coefficient (Wildman–Crippen LogP) is 11.6. The first kappa shape index (κ1) is 39.0. The van der Waals surface area contributed by atoms with Gasteiger partial charge in [0.15, 0.2) is 0 Å². The van der Waals surface area contributed by atoms with E-state index in [4.69, 9.17) is 9.72 Å². The molecule has 0 unspecified atom stereocenters. The second-order valence-corrected chi connectivity index (χ2v) is 19.4. The van der Waals surface area contributed by atoms with Crippen molar-refractivity contribution in [2.45, 2.75) is 52.4 Å². The van der Waals surface area contributed by atoms with E-state index < -0.39 is 20.9 Å². The van der Waals surface area contributed by atoms with Crippen LogP contribution in [0, 0.1) is 18.8 Å². The van der Waals surface area contributed by atoms with Gasteiger partial charge in [0.1, 0.15) is 0 Å². The minimum absolute atomic E-state index is 0. The Bertz CT molecular complexity index is 2580. The standard InChI is InChI=1S/C50H43N4OTe.Pt/c1-49(2,3)36-16-12-17-38(29-36)53-33-52(42-24-22-35(28-44(42)53)34-14-8-7-9-15-34)39-18-13-19-40(31-39)55-41-23-25-47-45(32-41)54(43-20-10-11-21-46(43)56-47)48-30-37(26-27-51-48)50(4,5)6;/h7-30,33H,1-6H3;/q-3;. The van der Waals surface area contributed by atoms with Crippen LogP contribution in [0.2, 0.25) is 0 Å². The van der Waals surface area contributed by atoms with Crippen molar-refractivity contribution >= 4 is 68.1 Å². The molecule has 5 nitrogen and oxygen atoms in total. The van der Waals surface area contributed by atoms with Crippen LogP contribution < -0.4 is 26.7 Å². The molecule has 0 atom stereocenters. The molecule has 0 radical (unpaired) electrons. The zero-order valence-corrected chi connectivity index (χ0v) is 37.5. The van der Waals surface area contributed by atoms with Crippen LogP contribution in [0.25, 0.3) is 11.1 Å². The van der Waals surface area contributed by atoms with Gasteiger partial charge in [-0.3, -0.25) is 0 Å². The Morgan fingerprint density at radius 3 is 2.12 bits per heavy atom. The summed E-state index contributed by atoms with van der Waals surface area (Å²) in [6.45, 7) is 15.7. The fraction of sp³-hybridized carbons (Fsp3) is 0.160. The fourth-order valence-corrected chi connectivity index (χ4v) is 10.1. The molecule has 6 aromatic carbocycles. The van der Waals surface area contributed by atoms with E-state index in [9.17, 15) is 0 Å². The summed E-state index contributed by atoms with van der Waals surface area (Å²) >= 11 is -0.638. The molecule has 9 rings (SSSR count). The molecule has 7 heteroatoms. The number of hydrogen-bond acceptors (Lipinski definition) is 5. The van der Waals surface area contributed by atoms with Gasteiger partial charge in [-0.1, -0.05) is 63.2 Å². The van der Waals surface area contributed by atoms with Crippen LogP contribution in [-0.2, 0) is 31.9 Å². The zero-order chi connectivity index (χ0) is 38.6. The van der Waals surface area contributed by atoms with Gasteiger partial charge in [0, 0.05) is 21.1 Å². The number of hydrogen-bond donors (Lipinski definition) is 0. The van der Waals surface area contributed by atoms with Gasteiger partial charge in [-0.25, -0.2) is 0 Å². The van der Waals surface area contributed by atoms with E-state index in [1.807, 2.05) is 24.4 Å². The summed E-state index contributed by atoms with van der Waals surface area (Å²) in [7, 11) is 0. The van der Waals surface area contributed by atoms with Crippen LogP contribution in [0.4, 0.5) is 39.9 Å². The molecule has 0 aliphatic carbocycles. The van der Waals surface area contributed by atoms with Crippen LogP contribution >= 0.6 is 0 Å². The molecule has 3 heterocycles. The molecule has 0 amide bonds. The third kappa shape index (κ3) is 7.76. The fourth-order valence-electron chi connectivity index (χ4n) is 7.22. The van der Waals surface area contributed by atoms with Crippen molar-refractivity contribution in [3.05, 3.63) is 176 Å². The van der Waals surface area contributed by atoms with Crippen molar-refractivity contribution in [1.29, 1.82) is 0 Å². The minimum Gasteiger partial charge on any atom is -0.0371 e. The molecule has 2 aliphatic heterocycles. The van der Waals surface area contributed by atoms with E-state index in [0.29, 0.717) is 11.5 Å². The molecule has 0 bridgehead atoms. The molecule has 0 N–H and O–H groups in total. The van der Waals surface area contributed by atoms with E-state index in [-0.39, 0.29) is 31.9 Å². The van der Waals surface area contributed by atoms with Gasteiger partial charge in [0.2, 0.25) is 0 Å². The maximum absolute atomic E-state index is 6.63. The van der Waals surface area contributed by atoms with Gasteiger partial charge in [-0.15, -0.1) is 0 Å². The second-order valence-electron chi connectivity index (χ2n) is 16.3. The summed E-state index contributed by atoms with van der Waals surface area (Å²) in [4.78, 5) is 11.6. The summed E-state index contributed by atoms with van der Waals surface area (Å²) < 4.78 is 9.31. The van der Waals surface area contributed by atoms with Crippen LogP contribution in [0.5, 0.6) is 11.5 Å². The molecule has 288 valence electrons. The van der Waals surface area contributed by atoms with Gasteiger partial charge in [-0.2, -0.15) is 0 Å². The number of para-hydroxylation sites is 1. The number of rotatable bonds is 6. The molecule has 1 aromatic heterocycles. The molecule has 7 aromatic rings. The Morgan fingerprint density at radius 2 is 1.32 bits per heavy atom. The van der Waals surface area contributed by atoms with Crippen molar-refractivity contribution < 1.29 is 25.8 Å². The molecule has 0 spiro atoms. The Morgan fingerprint density at radius 1 is 0.579 bits per heavy atom. The molecule has 2 aliphatic rings. The smallest absolute Gasteiger partial charge is 0 e. The van der Waals surface area contributed by atoms with Crippen molar-refractivity contribution in [3.8, 4) is 22.6 Å². The van der Waals surface area contributed by atoms with E-state index >= 15 is 0 Å². The molecular formula is C50H43N4OPtTe-3. The summed E-state index contributed by atoms with van der Waals surface area (Å²) in [6.07, 6.45) is 1.92. The summed E-state index contributed by atoms with van der Waals surface area (Å²) in [5, 5.41) is 0. The summed E-state index contributed by atoms with van der Waals surface area (Å²) in [5.74, 6) is 2.14. The van der Waals surface area contributed by atoms with Crippen LogP contribution in [0.1, 0.15) is 52.7 Å². The second kappa shape index (κ2) is 15.5. The Labute approximate surface area is 361 Å². The SMILES string of the molecule is CC(C)(C)c1cccc(N2[CH-]N(c3[c-]c(Oc4[c-]c5c(cc4)[Te]c4ccccc4N5c4cc(C(C)(C)C)ccn4)ccc3)c3ccc(-c4ccccc4)cc32)c1.[Pt]. The molecule has 0 saturated heterocycles. The van der Waals surface area contributed by atoms with E-state index in [2.05, 4.69) is 196 Å². The number of pyridine rings is 1. The quantitative estimate of drug-likeness (QED) is 0.122. The maximum Gasteiger partial charge on any atom is 0 e. The first-order valence-corrected chi connectivity index (χ1v) is 21.4. The number of aromatic nitrogens is 1. The average molecular weight is 1040 g/mol. The van der Waals surface area contributed by atoms with Gasteiger partial charge in [0.25, 0.3) is 0 Å². The largest absolute Gasteiger partial charge is 0.0371 e. The Balaban J connectivity index is 0.00000455. The van der Waals surface area contributed by atoms with E-state index in [1.165, 1.54) is 35.2 Å². The summed E-state index contributed by atoms with van der Waals surface area (Å²) in [5.41, 5.74) is 11.2. The minimum atomic E-state index is -0.638. The normalized spacial score (nSPS) is 13.4. The van der Waals surface area contributed by atoms with E-state index in [0.717, 1.165) is 34.3 Å². The van der Waals surface area contributed by atoms with Gasteiger partial charge < -0.3 is 0 Å². The van der Waals surface area contributed by atoms with Gasteiger partial charge >= 0.3 is 246 Å². The Kier molecular flexibility index (Phi) is 10.6. The molecule has 57 heavy (non-hydrogen) atoms. The number of nitrogens with zero attached hydrogens (tertiary/aromatic N) is 4. The van der Waals surface area contributed by atoms with Crippen molar-refractivity contribution in [3.63, 3.8) is 0 Å². The topological polar surface area (TPSA) is 31.8 Å². The first-order chi connectivity index (χ1) is 27.0. The monoisotopic (exact) mass is 1040 g/mol. The van der Waals surface area contributed by atoms with Gasteiger partial charge in [0.05, 0.1) is 0 Å². The van der Waals surface area contributed by atoms with Crippen molar-refractivity contribution in [1.82, 2.24) is 4.98 Å². The maximum atomic E-state index is 6.63. The van der Waals surface area contributed by atoms with Crippen LogP contribution in [0.3, 0.4) is 0 Å². The third-order valence-corrected chi connectivity index (χ3v) is 13.5. The van der Waals surface area contributed by atoms with Crippen LogP contribution in [-0.4, -0.2) is 25.9 Å². The molecule has 0 saturated carbocycles.